The molecule has 70 heavy (non-hydrogen) atoms. The molecule has 0 spiro atoms. The molecule has 3 N–H and O–H groups in total. The van der Waals surface area contributed by atoms with Crippen molar-refractivity contribution in [2.75, 3.05) is 117 Å². The smallest absolute Gasteiger partial charge is 0.282 e. The zero-order valence-electron chi connectivity index (χ0n) is 39.2. The Morgan fingerprint density at radius 1 is 0.757 bits per heavy atom. The van der Waals surface area contributed by atoms with Crippen molar-refractivity contribution in [1.29, 1.82) is 0 Å². The molecule has 1 atom stereocenters. The van der Waals surface area contributed by atoms with Gasteiger partial charge in [0, 0.05) is 88.5 Å². The van der Waals surface area contributed by atoms with Crippen LogP contribution in [0.3, 0.4) is 0 Å². The molecule has 3 saturated heterocycles. The van der Waals surface area contributed by atoms with Gasteiger partial charge < -0.3 is 34.3 Å². The van der Waals surface area contributed by atoms with Gasteiger partial charge in [-0.25, -0.2) is 4.98 Å². The van der Waals surface area contributed by atoms with E-state index in [2.05, 4.69) is 25.8 Å². The van der Waals surface area contributed by atoms with E-state index in [1.165, 1.54) is 18.2 Å². The van der Waals surface area contributed by atoms with E-state index >= 15 is 0 Å². The molecule has 1 aliphatic carbocycles. The van der Waals surface area contributed by atoms with Crippen LogP contribution in [0.4, 0.5) is 5.95 Å². The van der Waals surface area contributed by atoms with Crippen molar-refractivity contribution in [3.63, 3.8) is 0 Å². The molecule has 5 aliphatic rings. The minimum Gasteiger partial charge on any atom is -0.483 e. The molecule has 4 aliphatic heterocycles. The van der Waals surface area contributed by atoms with Crippen LogP contribution in [0, 0.1) is 0 Å². The molecule has 0 bridgehead atoms. The molecule has 6 heterocycles. The van der Waals surface area contributed by atoms with Gasteiger partial charge in [0.05, 0.1) is 64.0 Å². The van der Waals surface area contributed by atoms with E-state index in [1.807, 2.05) is 4.57 Å². The Morgan fingerprint density at radius 3 is 2.13 bits per heavy atom. The maximum atomic E-state index is 13.6. The number of carbonyl (C=O) groups is 5. The third kappa shape index (κ3) is 12.5. The fourth-order valence-corrected chi connectivity index (χ4v) is 11.0. The average Bonchev–Trinajstić information content (AvgIpc) is 3.98. The minimum atomic E-state index is -3.59. The van der Waals surface area contributed by atoms with E-state index in [1.54, 1.807) is 26.9 Å². The van der Waals surface area contributed by atoms with Crippen LogP contribution in [-0.4, -0.2) is 195 Å². The molecule has 2 aromatic heterocycles. The van der Waals surface area contributed by atoms with Crippen molar-refractivity contribution >= 4 is 56.7 Å². The van der Waals surface area contributed by atoms with Gasteiger partial charge in [-0.05, 0) is 50.3 Å². The lowest BCUT2D eigenvalue weighted by Gasteiger charge is -2.38. The third-order valence-electron chi connectivity index (χ3n) is 13.2. The standard InChI is InChI=1S/C46H62N10O13S/c57-38-10-9-36(43(60)50-38)56-44(61)35-6-3-7-37(41(35)45(56)62)69-31-39(58)47-14-22-65-24-26-67-28-29-68-27-25-66-23-21-52-17-19-54(20-18-52)70(63,64)53-15-12-33(13-16-53)49-46-48-30-32-8-11-40(59)55(42(32)51-46)34-4-1-2-5-34/h3,6-8,11,30,33-34,36H,1-2,4-5,9-10,12-29,31H2,(H,47,58)(H,48,49,51)(H,50,57,60). The van der Waals surface area contributed by atoms with Crippen LogP contribution in [0.5, 0.6) is 5.75 Å². The minimum absolute atomic E-state index is 0.00262. The Bertz CT molecular complexity index is 2530. The summed E-state index contributed by atoms with van der Waals surface area (Å²) < 4.78 is 60.1. The number of amides is 5. The number of benzene rings is 1. The molecule has 0 radical (unpaired) electrons. The summed E-state index contributed by atoms with van der Waals surface area (Å²) in [4.78, 5) is 87.6. The number of hydrogen-bond donors (Lipinski definition) is 3. The molecule has 24 heteroatoms. The predicted octanol–water partition coefficient (Wildman–Crippen LogP) is 0.308. The average molecular weight is 995 g/mol. The quantitative estimate of drug-likeness (QED) is 0.0806. The van der Waals surface area contributed by atoms with Gasteiger partial charge in [-0.3, -0.25) is 48.5 Å². The molecule has 4 fully saturated rings. The summed E-state index contributed by atoms with van der Waals surface area (Å²) >= 11 is 0. The Morgan fingerprint density at radius 2 is 1.43 bits per heavy atom. The van der Waals surface area contributed by atoms with Gasteiger partial charge in [-0.15, -0.1) is 0 Å². The second kappa shape index (κ2) is 24.1. The number of fused-ring (bicyclic) bond motifs is 2. The highest BCUT2D eigenvalue weighted by Gasteiger charge is 2.46. The van der Waals surface area contributed by atoms with E-state index in [0.717, 1.165) is 36.0 Å². The first-order valence-corrected chi connectivity index (χ1v) is 25.5. The van der Waals surface area contributed by atoms with Crippen LogP contribution in [0.1, 0.15) is 78.1 Å². The number of nitrogens with one attached hydrogen (secondary N) is 3. The van der Waals surface area contributed by atoms with Gasteiger partial charge in [0.1, 0.15) is 17.4 Å². The lowest BCUT2D eigenvalue weighted by Crippen LogP contribution is -2.55. The third-order valence-corrected chi connectivity index (χ3v) is 15.2. The van der Waals surface area contributed by atoms with E-state index in [4.69, 9.17) is 28.7 Å². The summed E-state index contributed by atoms with van der Waals surface area (Å²) in [5.74, 6) is -2.55. The number of anilines is 1. The number of pyridine rings is 1. The predicted molar refractivity (Wildman–Crippen MR) is 251 cm³/mol. The number of hydrogen-bond acceptors (Lipinski definition) is 17. The monoisotopic (exact) mass is 994 g/mol. The van der Waals surface area contributed by atoms with Gasteiger partial charge in [0.25, 0.3) is 33.5 Å². The number of rotatable bonds is 24. The Balaban J connectivity index is 0.610. The van der Waals surface area contributed by atoms with Crippen molar-refractivity contribution in [2.24, 2.45) is 0 Å². The van der Waals surface area contributed by atoms with Crippen molar-refractivity contribution in [1.82, 2.24) is 43.6 Å². The fourth-order valence-electron chi connectivity index (χ4n) is 9.40. The Hall–Kier alpha value is -5.47. The van der Waals surface area contributed by atoms with E-state index in [0.29, 0.717) is 116 Å². The number of piperazine rings is 1. The van der Waals surface area contributed by atoms with Gasteiger partial charge in [-0.1, -0.05) is 18.9 Å². The molecule has 5 amide bonds. The van der Waals surface area contributed by atoms with E-state index in [9.17, 15) is 37.2 Å². The molecular weight excluding hydrogens is 933 g/mol. The number of piperidine rings is 2. The molecule has 23 nitrogen and oxygen atoms in total. The lowest BCUT2D eigenvalue weighted by atomic mass is 10.0. The molecule has 8 rings (SSSR count). The summed E-state index contributed by atoms with van der Waals surface area (Å²) in [6.07, 6.45) is 7.16. The summed E-state index contributed by atoms with van der Waals surface area (Å²) in [5, 5.41) is 9.04. The Labute approximate surface area is 405 Å². The first-order valence-electron chi connectivity index (χ1n) is 24.2. The van der Waals surface area contributed by atoms with Crippen LogP contribution in [0.15, 0.2) is 41.3 Å². The normalized spacial score (nSPS) is 20.1. The molecular formula is C46H62N10O13S. The number of nitrogens with zero attached hydrogens (tertiary/aromatic N) is 7. The maximum Gasteiger partial charge on any atom is 0.282 e. The summed E-state index contributed by atoms with van der Waals surface area (Å²) in [5.41, 5.74) is 0.617. The molecule has 380 valence electrons. The molecule has 1 saturated carbocycles. The highest BCUT2D eigenvalue weighted by atomic mass is 32.2. The molecule has 1 unspecified atom stereocenters. The number of aromatic nitrogens is 3. The van der Waals surface area contributed by atoms with Gasteiger partial charge >= 0.3 is 0 Å². The number of imide groups is 2. The number of ether oxygens (including phenoxy) is 5. The highest BCUT2D eigenvalue weighted by Crippen LogP contribution is 2.34. The van der Waals surface area contributed by atoms with E-state index in [-0.39, 0.29) is 60.5 Å². The summed E-state index contributed by atoms with van der Waals surface area (Å²) in [6, 6.07) is 6.83. The van der Waals surface area contributed by atoms with Crippen molar-refractivity contribution in [3.05, 3.63) is 58.0 Å². The summed E-state index contributed by atoms with van der Waals surface area (Å²) in [7, 11) is -3.59. The second-order valence-electron chi connectivity index (χ2n) is 17.7. The maximum absolute atomic E-state index is 13.6. The zero-order chi connectivity index (χ0) is 49.0. The number of carbonyl (C=O) groups excluding carboxylic acids is 5. The van der Waals surface area contributed by atoms with Crippen LogP contribution in [0.2, 0.25) is 0 Å². The van der Waals surface area contributed by atoms with Crippen LogP contribution < -0.4 is 26.2 Å². The zero-order valence-corrected chi connectivity index (χ0v) is 40.0. The van der Waals surface area contributed by atoms with Crippen molar-refractivity contribution in [3.8, 4) is 5.75 Å². The van der Waals surface area contributed by atoms with Crippen molar-refractivity contribution < 1.29 is 56.1 Å². The topological polar surface area (TPSA) is 262 Å². The lowest BCUT2D eigenvalue weighted by molar-refractivity contribution is -0.136. The highest BCUT2D eigenvalue weighted by molar-refractivity contribution is 7.86. The van der Waals surface area contributed by atoms with Crippen LogP contribution in [-0.2, 0) is 43.5 Å². The van der Waals surface area contributed by atoms with Gasteiger partial charge in [-0.2, -0.15) is 22.0 Å². The molecule has 3 aromatic rings. The van der Waals surface area contributed by atoms with E-state index < -0.39 is 52.4 Å². The largest absolute Gasteiger partial charge is 0.483 e. The fraction of sp³-hybridized carbons (Fsp3) is 0.609. The Kier molecular flexibility index (Phi) is 17.5. The van der Waals surface area contributed by atoms with Crippen LogP contribution in [0.25, 0.3) is 11.0 Å². The van der Waals surface area contributed by atoms with Crippen molar-refractivity contribution in [2.45, 2.75) is 69.5 Å². The first-order chi connectivity index (χ1) is 34.0. The molecule has 1 aromatic carbocycles. The van der Waals surface area contributed by atoms with Crippen LogP contribution >= 0.6 is 0 Å². The van der Waals surface area contributed by atoms with Gasteiger partial charge in [0.2, 0.25) is 17.8 Å². The van der Waals surface area contributed by atoms with Gasteiger partial charge in [0.15, 0.2) is 6.61 Å². The summed E-state index contributed by atoms with van der Waals surface area (Å²) in [6.45, 7) is 6.28. The first kappa shape index (κ1) is 50.9. The second-order valence-corrected chi connectivity index (χ2v) is 19.7. The SMILES string of the molecule is O=C(COc1cccc2c1C(=O)N(C1CCC(=O)NC1=O)C2=O)NCCOCCOCCOCCOCCN1CCN(S(=O)(=O)N2CCC(Nc3ncc4ccc(=O)n(C5CCCC5)c4n3)CC2)CC1.